The Morgan fingerprint density at radius 3 is 2.65 bits per heavy atom. The summed E-state index contributed by atoms with van der Waals surface area (Å²) in [4.78, 5) is 24.2. The van der Waals surface area contributed by atoms with Gasteiger partial charge in [-0.15, -0.1) is 11.3 Å². The fourth-order valence-electron chi connectivity index (χ4n) is 2.06. The van der Waals surface area contributed by atoms with E-state index in [4.69, 9.17) is 0 Å². The number of carbonyl (C=O) groups excluding carboxylic acids is 1. The van der Waals surface area contributed by atoms with Gasteiger partial charge >= 0.3 is 5.97 Å². The zero-order valence-corrected chi connectivity index (χ0v) is 12.1. The van der Waals surface area contributed by atoms with Gasteiger partial charge in [0.15, 0.2) is 0 Å². The van der Waals surface area contributed by atoms with Crippen molar-refractivity contribution in [3.05, 3.63) is 51.2 Å². The lowest BCUT2D eigenvalue weighted by Crippen LogP contribution is -2.17. The van der Waals surface area contributed by atoms with Gasteiger partial charge in [0.2, 0.25) is 5.91 Å². The van der Waals surface area contributed by atoms with Gasteiger partial charge in [0.1, 0.15) is 0 Å². The van der Waals surface area contributed by atoms with E-state index in [-0.39, 0.29) is 17.9 Å². The molecule has 0 unspecified atom stereocenters. The maximum absolute atomic E-state index is 12.0. The Morgan fingerprint density at radius 2 is 2.05 bits per heavy atom. The molecule has 2 aromatic rings. The van der Waals surface area contributed by atoms with Crippen LogP contribution < -0.4 is 5.32 Å². The van der Waals surface area contributed by atoms with E-state index in [1.54, 1.807) is 13.0 Å². The first-order valence-electron chi connectivity index (χ1n) is 6.14. The molecule has 0 fully saturated rings. The van der Waals surface area contributed by atoms with Crippen LogP contribution in [0.2, 0.25) is 0 Å². The number of carboxylic acids is 1. The van der Waals surface area contributed by atoms with Crippen molar-refractivity contribution in [1.29, 1.82) is 0 Å². The minimum absolute atomic E-state index is 0.127. The zero-order chi connectivity index (χ0) is 14.7. The van der Waals surface area contributed by atoms with Crippen LogP contribution in [0.15, 0.2) is 29.6 Å². The predicted molar refractivity (Wildman–Crippen MR) is 79.5 cm³/mol. The quantitative estimate of drug-likeness (QED) is 0.908. The average molecular weight is 289 g/mol. The lowest BCUT2D eigenvalue weighted by Gasteiger charge is -2.12. The molecular weight excluding hydrogens is 274 g/mol. The smallest absolute Gasteiger partial charge is 0.337 e. The Labute approximate surface area is 121 Å². The number of aromatic carboxylic acids is 1. The first kappa shape index (κ1) is 14.3. The van der Waals surface area contributed by atoms with Crippen LogP contribution in [0.3, 0.4) is 0 Å². The second-order valence-corrected chi connectivity index (χ2v) is 5.65. The van der Waals surface area contributed by atoms with Crippen molar-refractivity contribution < 1.29 is 14.7 Å². The molecule has 1 heterocycles. The summed E-state index contributed by atoms with van der Waals surface area (Å²) in [6.45, 7) is 3.62. The minimum Gasteiger partial charge on any atom is -0.478 e. The third kappa shape index (κ3) is 3.24. The number of benzene rings is 1. The summed E-state index contributed by atoms with van der Waals surface area (Å²) in [7, 11) is 0. The fourth-order valence-corrected chi connectivity index (χ4v) is 2.76. The lowest BCUT2D eigenvalue weighted by molar-refractivity contribution is -0.115. The molecule has 0 aliphatic heterocycles. The number of anilines is 1. The summed E-state index contributed by atoms with van der Waals surface area (Å²) in [6, 6.07) is 7.18. The lowest BCUT2D eigenvalue weighted by atomic mass is 10.0. The molecule has 0 atom stereocenters. The van der Waals surface area contributed by atoms with Gasteiger partial charge < -0.3 is 10.4 Å². The summed E-state index contributed by atoms with van der Waals surface area (Å²) in [5.74, 6) is -1.25. The highest BCUT2D eigenvalue weighted by molar-refractivity contribution is 7.10. The van der Waals surface area contributed by atoms with Crippen LogP contribution in [0, 0.1) is 13.8 Å². The molecule has 0 saturated heterocycles. The summed E-state index contributed by atoms with van der Waals surface area (Å²) in [6.07, 6.45) is 0.254. The topological polar surface area (TPSA) is 66.4 Å². The number of amides is 1. The van der Waals surface area contributed by atoms with E-state index in [1.807, 2.05) is 30.5 Å². The van der Waals surface area contributed by atoms with Crippen molar-refractivity contribution in [2.75, 3.05) is 5.32 Å². The highest BCUT2D eigenvalue weighted by Gasteiger charge is 2.16. The van der Waals surface area contributed by atoms with Crippen molar-refractivity contribution in [2.45, 2.75) is 20.3 Å². The SMILES string of the molecule is Cc1cc(C)c(NC(=O)Cc2cccs2)c(C(=O)O)c1. The van der Waals surface area contributed by atoms with E-state index in [0.29, 0.717) is 5.69 Å². The van der Waals surface area contributed by atoms with Crippen LogP contribution in [0.25, 0.3) is 0 Å². The molecule has 20 heavy (non-hydrogen) atoms. The molecular formula is C15H15NO3S. The van der Waals surface area contributed by atoms with Gasteiger partial charge in [-0.2, -0.15) is 0 Å². The van der Waals surface area contributed by atoms with Gasteiger partial charge in [-0.1, -0.05) is 12.1 Å². The first-order chi connectivity index (χ1) is 9.47. The number of aryl methyl sites for hydroxylation is 2. The molecule has 2 rings (SSSR count). The van der Waals surface area contributed by atoms with Gasteiger partial charge in [0.25, 0.3) is 0 Å². The number of rotatable bonds is 4. The molecule has 4 nitrogen and oxygen atoms in total. The van der Waals surface area contributed by atoms with Crippen molar-refractivity contribution in [3.63, 3.8) is 0 Å². The number of hydrogen-bond acceptors (Lipinski definition) is 3. The molecule has 2 N–H and O–H groups in total. The van der Waals surface area contributed by atoms with Crippen molar-refractivity contribution >= 4 is 28.9 Å². The standard InChI is InChI=1S/C15H15NO3S/c1-9-6-10(2)14(12(7-9)15(18)19)16-13(17)8-11-4-3-5-20-11/h3-7H,8H2,1-2H3,(H,16,17)(H,18,19). The Bertz CT molecular complexity index is 647. The third-order valence-corrected chi connectivity index (χ3v) is 3.77. The number of thiophene rings is 1. The van der Waals surface area contributed by atoms with E-state index < -0.39 is 5.97 Å². The van der Waals surface area contributed by atoms with E-state index in [0.717, 1.165) is 16.0 Å². The second kappa shape index (κ2) is 5.88. The van der Waals surface area contributed by atoms with Crippen molar-refractivity contribution in [3.8, 4) is 0 Å². The largest absolute Gasteiger partial charge is 0.478 e. The number of nitrogens with one attached hydrogen (secondary N) is 1. The molecule has 5 heteroatoms. The average Bonchev–Trinajstić information content (AvgIpc) is 2.84. The number of carboxylic acid groups (broad SMARTS) is 1. The van der Waals surface area contributed by atoms with E-state index in [9.17, 15) is 14.7 Å². The normalized spacial score (nSPS) is 10.3. The Kier molecular flexibility index (Phi) is 4.20. The maximum atomic E-state index is 12.0. The molecule has 1 aromatic heterocycles. The summed E-state index contributed by atoms with van der Waals surface area (Å²) >= 11 is 1.50. The van der Waals surface area contributed by atoms with Crippen LogP contribution in [0.1, 0.15) is 26.4 Å². The van der Waals surface area contributed by atoms with Crippen LogP contribution in [-0.2, 0) is 11.2 Å². The highest BCUT2D eigenvalue weighted by atomic mass is 32.1. The molecule has 1 amide bonds. The van der Waals surface area contributed by atoms with Gasteiger partial charge in [-0.25, -0.2) is 4.79 Å². The number of hydrogen-bond donors (Lipinski definition) is 2. The van der Waals surface area contributed by atoms with Crippen molar-refractivity contribution in [1.82, 2.24) is 0 Å². The molecule has 0 radical (unpaired) electrons. The Balaban J connectivity index is 2.24. The fraction of sp³-hybridized carbons (Fsp3) is 0.200. The summed E-state index contributed by atoms with van der Waals surface area (Å²) in [5, 5.41) is 13.9. The molecule has 0 spiro atoms. The van der Waals surface area contributed by atoms with Crippen molar-refractivity contribution in [2.24, 2.45) is 0 Å². The molecule has 0 saturated carbocycles. The van der Waals surface area contributed by atoms with E-state index in [2.05, 4.69) is 5.32 Å². The molecule has 0 aliphatic carbocycles. The zero-order valence-electron chi connectivity index (χ0n) is 11.3. The second-order valence-electron chi connectivity index (χ2n) is 4.61. The van der Waals surface area contributed by atoms with E-state index >= 15 is 0 Å². The monoisotopic (exact) mass is 289 g/mol. The third-order valence-electron chi connectivity index (χ3n) is 2.89. The van der Waals surface area contributed by atoms with Crippen LogP contribution in [0.5, 0.6) is 0 Å². The van der Waals surface area contributed by atoms with E-state index in [1.165, 1.54) is 11.3 Å². The summed E-state index contributed by atoms with van der Waals surface area (Å²) in [5.41, 5.74) is 2.12. The maximum Gasteiger partial charge on any atom is 0.337 e. The summed E-state index contributed by atoms with van der Waals surface area (Å²) < 4.78 is 0. The van der Waals surface area contributed by atoms with Crippen LogP contribution >= 0.6 is 11.3 Å². The molecule has 0 aliphatic rings. The Morgan fingerprint density at radius 1 is 1.30 bits per heavy atom. The van der Waals surface area contributed by atoms with Gasteiger partial charge in [-0.05, 0) is 42.5 Å². The predicted octanol–water partition coefficient (Wildman–Crippen LogP) is 3.24. The van der Waals surface area contributed by atoms with Crippen LogP contribution in [0.4, 0.5) is 5.69 Å². The Hall–Kier alpha value is -2.14. The minimum atomic E-state index is -1.04. The highest BCUT2D eigenvalue weighted by Crippen LogP contribution is 2.23. The molecule has 0 bridgehead atoms. The number of carbonyl (C=O) groups is 2. The van der Waals surface area contributed by atoms with Gasteiger partial charge in [-0.3, -0.25) is 4.79 Å². The van der Waals surface area contributed by atoms with Gasteiger partial charge in [0.05, 0.1) is 17.7 Å². The molecule has 1 aromatic carbocycles. The molecule has 104 valence electrons. The van der Waals surface area contributed by atoms with Gasteiger partial charge in [0, 0.05) is 4.88 Å². The first-order valence-corrected chi connectivity index (χ1v) is 7.02. The van der Waals surface area contributed by atoms with Crippen LogP contribution in [-0.4, -0.2) is 17.0 Å².